The van der Waals surface area contributed by atoms with E-state index in [0.717, 1.165) is 0 Å². The van der Waals surface area contributed by atoms with E-state index in [4.69, 9.17) is 0 Å². The summed E-state index contributed by atoms with van der Waals surface area (Å²) in [6, 6.07) is 0. The Balaban J connectivity index is 2.92. The minimum Gasteiger partial charge on any atom is -0.276 e. The molecule has 0 aromatic carbocycles. The van der Waals surface area contributed by atoms with Crippen LogP contribution in [-0.2, 0) is 0 Å². The van der Waals surface area contributed by atoms with Crippen LogP contribution < -0.4 is 21.3 Å². The van der Waals surface area contributed by atoms with Gasteiger partial charge in [0.15, 0.2) is 11.8 Å². The van der Waals surface area contributed by atoms with Gasteiger partial charge in [0.25, 0.3) is 0 Å². The summed E-state index contributed by atoms with van der Waals surface area (Å²) in [6.07, 6.45) is 0. The van der Waals surface area contributed by atoms with Crippen molar-refractivity contribution in [1.29, 1.82) is 0 Å². The zero-order chi connectivity index (χ0) is 11.0. The maximum Gasteiger partial charge on any atom is 0.192 e. The second kappa shape index (κ2) is 3.73. The van der Waals surface area contributed by atoms with E-state index in [1.54, 1.807) is 0 Å². The fourth-order valence-electron chi connectivity index (χ4n) is 2.47. The van der Waals surface area contributed by atoms with Crippen LogP contribution in [0.4, 0.5) is 0 Å². The fraction of sp³-hybridized carbons (Fsp3) is 1.00. The van der Waals surface area contributed by atoms with Crippen molar-refractivity contribution < 1.29 is 0 Å². The van der Waals surface area contributed by atoms with E-state index in [9.17, 15) is 0 Å². The van der Waals surface area contributed by atoms with Crippen LogP contribution >= 0.6 is 0 Å². The Labute approximate surface area is 86.0 Å². The van der Waals surface area contributed by atoms with Gasteiger partial charge in [-0.1, -0.05) is 0 Å². The lowest BCUT2D eigenvalue weighted by Crippen LogP contribution is -2.98. The van der Waals surface area contributed by atoms with Crippen LogP contribution in [0.25, 0.3) is 0 Å². The normalized spacial score (nSPS) is 26.1. The van der Waals surface area contributed by atoms with Gasteiger partial charge in [-0.15, -0.1) is 0 Å². The molecule has 0 aromatic heterocycles. The molecule has 6 heteroatoms. The molecule has 0 spiro atoms. The van der Waals surface area contributed by atoms with Gasteiger partial charge in [0, 0.05) is 0 Å². The summed E-state index contributed by atoms with van der Waals surface area (Å²) in [5.41, 5.74) is 0. The summed E-state index contributed by atoms with van der Waals surface area (Å²) in [4.78, 5) is 4.31. The molecule has 4 N–H and O–H groups in total. The third kappa shape index (κ3) is 1.06. The Morgan fingerprint density at radius 3 is 1.00 bits per heavy atom. The van der Waals surface area contributed by atoms with E-state index in [0.29, 0.717) is 0 Å². The molecule has 0 atom stereocenters. The van der Waals surface area contributed by atoms with Gasteiger partial charge in [-0.25, -0.2) is 9.80 Å². The molecule has 1 saturated heterocycles. The molecule has 0 unspecified atom stereocenters. The molecule has 1 rings (SSSR count). The highest BCUT2D eigenvalue weighted by Crippen LogP contribution is 2.33. The van der Waals surface area contributed by atoms with Gasteiger partial charge in [-0.3, -0.25) is 21.3 Å². The van der Waals surface area contributed by atoms with Crippen molar-refractivity contribution in [3.63, 3.8) is 0 Å². The molecule has 1 aliphatic heterocycles. The number of hydrogen-bond acceptors (Lipinski definition) is 6. The van der Waals surface area contributed by atoms with E-state index >= 15 is 0 Å². The van der Waals surface area contributed by atoms with Gasteiger partial charge in [-0.2, -0.15) is 0 Å². The van der Waals surface area contributed by atoms with Gasteiger partial charge in [-0.05, 0) is 42.3 Å². The van der Waals surface area contributed by atoms with Crippen molar-refractivity contribution in [3.8, 4) is 0 Å². The molecule has 0 aromatic rings. The molecule has 0 aliphatic carbocycles. The lowest BCUT2D eigenvalue weighted by atomic mass is 10.2. The number of rotatable bonds is 4. The zero-order valence-corrected chi connectivity index (χ0v) is 9.89. The first-order chi connectivity index (χ1) is 6.55. The Kier molecular flexibility index (Phi) is 3.15. The first kappa shape index (κ1) is 11.8. The molecule has 0 amide bonds. The largest absolute Gasteiger partial charge is 0.276 e. The van der Waals surface area contributed by atoms with Crippen molar-refractivity contribution in [2.45, 2.75) is 11.8 Å². The van der Waals surface area contributed by atoms with E-state index in [1.165, 1.54) is 0 Å². The molecule has 84 valence electrons. The van der Waals surface area contributed by atoms with Crippen molar-refractivity contribution in [1.82, 2.24) is 31.1 Å². The van der Waals surface area contributed by atoms with Crippen LogP contribution in [0.15, 0.2) is 0 Å². The minimum absolute atomic E-state index is 0.300. The molecule has 1 heterocycles. The summed E-state index contributed by atoms with van der Waals surface area (Å²) in [5.74, 6) is -0.599. The standard InChI is InChI=1S/C8H22N6/c1-9-7(10-2)13(5)8(11-3,12-4)14(7)6/h9-12H,1-6H3. The number of nitrogens with one attached hydrogen (secondary N) is 4. The fourth-order valence-corrected chi connectivity index (χ4v) is 2.47. The predicted octanol–water partition coefficient (Wildman–Crippen LogP) is -2.04. The molecular formula is C8H22N6. The summed E-state index contributed by atoms with van der Waals surface area (Å²) in [6.45, 7) is 0. The molecule has 1 aliphatic rings. The monoisotopic (exact) mass is 202 g/mol. The molecule has 0 radical (unpaired) electrons. The van der Waals surface area contributed by atoms with Crippen molar-refractivity contribution in [3.05, 3.63) is 0 Å². The van der Waals surface area contributed by atoms with Crippen LogP contribution in [0.3, 0.4) is 0 Å². The highest BCUT2D eigenvalue weighted by Gasteiger charge is 2.62. The first-order valence-corrected chi connectivity index (χ1v) is 4.79. The SMILES string of the molecule is CNC1(NC)N(C)C(NC)(NC)N1C. The smallest absolute Gasteiger partial charge is 0.192 e. The molecule has 0 bridgehead atoms. The topological polar surface area (TPSA) is 54.6 Å². The van der Waals surface area contributed by atoms with Crippen LogP contribution in [0.2, 0.25) is 0 Å². The molecule has 1 fully saturated rings. The van der Waals surface area contributed by atoms with E-state index < -0.39 is 0 Å². The summed E-state index contributed by atoms with van der Waals surface area (Å²) >= 11 is 0. The molecule has 6 nitrogen and oxygen atoms in total. The molecule has 14 heavy (non-hydrogen) atoms. The van der Waals surface area contributed by atoms with Gasteiger partial charge in [0.05, 0.1) is 0 Å². The van der Waals surface area contributed by atoms with Gasteiger partial charge >= 0.3 is 0 Å². The van der Waals surface area contributed by atoms with E-state index in [-0.39, 0.29) is 11.8 Å². The van der Waals surface area contributed by atoms with E-state index in [2.05, 4.69) is 31.1 Å². The highest BCUT2D eigenvalue weighted by molar-refractivity contribution is 5.03. The van der Waals surface area contributed by atoms with Gasteiger partial charge in [0.1, 0.15) is 0 Å². The summed E-state index contributed by atoms with van der Waals surface area (Å²) in [7, 11) is 11.8. The van der Waals surface area contributed by atoms with Crippen LogP contribution in [0.1, 0.15) is 0 Å². The first-order valence-electron chi connectivity index (χ1n) is 4.79. The molecule has 0 saturated carbocycles. The zero-order valence-electron chi connectivity index (χ0n) is 9.89. The average molecular weight is 202 g/mol. The quantitative estimate of drug-likeness (QED) is 0.394. The average Bonchev–Trinajstić information content (AvgIpc) is 2.23. The lowest BCUT2D eigenvalue weighted by molar-refractivity contribution is -0.338. The third-order valence-corrected chi connectivity index (χ3v) is 3.34. The van der Waals surface area contributed by atoms with E-state index in [1.807, 2.05) is 42.3 Å². The molecular weight excluding hydrogens is 180 g/mol. The number of nitrogens with zero attached hydrogens (tertiary/aromatic N) is 2. The Bertz CT molecular complexity index is 164. The summed E-state index contributed by atoms with van der Waals surface area (Å²) in [5, 5.41) is 13.0. The van der Waals surface area contributed by atoms with Gasteiger partial charge < -0.3 is 0 Å². The number of hydrogen-bond donors (Lipinski definition) is 4. The van der Waals surface area contributed by atoms with Crippen LogP contribution in [0.5, 0.6) is 0 Å². The predicted molar refractivity (Wildman–Crippen MR) is 57.2 cm³/mol. The highest BCUT2D eigenvalue weighted by atomic mass is 15.8. The lowest BCUT2D eigenvalue weighted by Gasteiger charge is -2.69. The van der Waals surface area contributed by atoms with Crippen LogP contribution in [-0.4, -0.2) is 63.9 Å². The Morgan fingerprint density at radius 1 is 0.643 bits per heavy atom. The third-order valence-electron chi connectivity index (χ3n) is 3.34. The van der Waals surface area contributed by atoms with Crippen molar-refractivity contribution in [2.75, 3.05) is 42.3 Å². The van der Waals surface area contributed by atoms with Crippen molar-refractivity contribution >= 4 is 0 Å². The Hall–Kier alpha value is -0.240. The van der Waals surface area contributed by atoms with Crippen molar-refractivity contribution in [2.24, 2.45) is 0 Å². The minimum atomic E-state index is -0.300. The summed E-state index contributed by atoms with van der Waals surface area (Å²) < 4.78 is 0. The maximum absolute atomic E-state index is 3.25. The maximum atomic E-state index is 3.25. The van der Waals surface area contributed by atoms with Gasteiger partial charge in [0.2, 0.25) is 0 Å². The second-order valence-corrected chi connectivity index (χ2v) is 3.46. The second-order valence-electron chi connectivity index (χ2n) is 3.46. The Morgan fingerprint density at radius 2 is 0.857 bits per heavy atom. The van der Waals surface area contributed by atoms with Crippen LogP contribution in [0, 0.1) is 0 Å².